The van der Waals surface area contributed by atoms with Gasteiger partial charge in [0, 0.05) is 22.8 Å². The molecule has 0 aliphatic heterocycles. The molecule has 0 unspecified atom stereocenters. The molecule has 0 amide bonds. The summed E-state index contributed by atoms with van der Waals surface area (Å²) in [5, 5.41) is 6.46. The van der Waals surface area contributed by atoms with E-state index >= 15 is 0 Å². The van der Waals surface area contributed by atoms with Crippen LogP contribution >= 0.6 is 11.3 Å². The number of nitrogens with one attached hydrogen (secondary N) is 1. The minimum Gasteiger partial charge on any atom is -0.493 e. The lowest BCUT2D eigenvalue weighted by atomic mass is 10.2. The molecule has 1 aromatic heterocycles. The van der Waals surface area contributed by atoms with Gasteiger partial charge in [-0.15, -0.1) is 11.3 Å². The lowest BCUT2D eigenvalue weighted by Gasteiger charge is -2.11. The Kier molecular flexibility index (Phi) is 4.63. The molecular weight excluding hydrogens is 260 g/mol. The number of anilines is 1. The Labute approximate surface area is 117 Å². The van der Waals surface area contributed by atoms with Gasteiger partial charge in [0.25, 0.3) is 0 Å². The summed E-state index contributed by atoms with van der Waals surface area (Å²) in [6.07, 6.45) is 0. The number of aromatic nitrogens is 1. The molecule has 2 rings (SSSR count). The van der Waals surface area contributed by atoms with Gasteiger partial charge in [-0.3, -0.25) is 0 Å². The molecule has 0 saturated carbocycles. The van der Waals surface area contributed by atoms with Crippen molar-refractivity contribution in [2.24, 2.45) is 0 Å². The highest BCUT2D eigenvalue weighted by atomic mass is 32.1. The van der Waals surface area contributed by atoms with Crippen LogP contribution in [-0.4, -0.2) is 18.7 Å². The summed E-state index contributed by atoms with van der Waals surface area (Å²) in [5.41, 5.74) is 2.06. The molecular formula is C14H18N2O2S. The van der Waals surface area contributed by atoms with Crippen LogP contribution in [0.3, 0.4) is 0 Å². The second-order valence-electron chi connectivity index (χ2n) is 4.03. The van der Waals surface area contributed by atoms with Gasteiger partial charge in [-0.25, -0.2) is 4.98 Å². The second-order valence-corrected chi connectivity index (χ2v) is 4.98. The summed E-state index contributed by atoms with van der Waals surface area (Å²) in [7, 11) is 1.64. The van der Waals surface area contributed by atoms with Gasteiger partial charge < -0.3 is 14.8 Å². The van der Waals surface area contributed by atoms with Crippen LogP contribution < -0.4 is 14.8 Å². The molecule has 0 spiro atoms. The number of rotatable bonds is 6. The van der Waals surface area contributed by atoms with Crippen molar-refractivity contribution in [1.29, 1.82) is 0 Å². The van der Waals surface area contributed by atoms with Crippen molar-refractivity contribution in [3.63, 3.8) is 0 Å². The number of nitrogens with zero attached hydrogens (tertiary/aromatic N) is 1. The molecule has 19 heavy (non-hydrogen) atoms. The molecule has 4 nitrogen and oxygen atoms in total. The third kappa shape index (κ3) is 3.61. The van der Waals surface area contributed by atoms with Crippen LogP contribution in [0, 0.1) is 6.92 Å². The smallest absolute Gasteiger partial charge is 0.163 e. The molecule has 5 heteroatoms. The van der Waals surface area contributed by atoms with Crippen LogP contribution in [0.25, 0.3) is 0 Å². The van der Waals surface area contributed by atoms with E-state index in [1.807, 2.05) is 32.0 Å². The van der Waals surface area contributed by atoms with E-state index in [-0.39, 0.29) is 0 Å². The first-order valence-corrected chi connectivity index (χ1v) is 7.06. The maximum Gasteiger partial charge on any atom is 0.163 e. The van der Waals surface area contributed by atoms with Gasteiger partial charge in [-0.05, 0) is 26.0 Å². The van der Waals surface area contributed by atoms with Crippen LogP contribution in [0.5, 0.6) is 11.5 Å². The largest absolute Gasteiger partial charge is 0.493 e. The molecule has 0 fully saturated rings. The Balaban J connectivity index is 2.05. The second kappa shape index (κ2) is 6.43. The van der Waals surface area contributed by atoms with E-state index in [0.717, 1.165) is 34.4 Å². The fourth-order valence-electron chi connectivity index (χ4n) is 1.72. The van der Waals surface area contributed by atoms with Gasteiger partial charge in [0.15, 0.2) is 11.5 Å². The number of hydrogen-bond donors (Lipinski definition) is 1. The van der Waals surface area contributed by atoms with Gasteiger partial charge in [-0.1, -0.05) is 0 Å². The summed E-state index contributed by atoms with van der Waals surface area (Å²) >= 11 is 1.66. The Hall–Kier alpha value is -1.75. The standard InChI is InChI=1S/C14H18N2O2S/c1-4-18-13-7-11(5-6-12(13)17-3)15-8-14-16-10(2)9-19-14/h5-7,9,15H,4,8H2,1-3H3. The number of methoxy groups -OCH3 is 1. The van der Waals surface area contributed by atoms with Crippen LogP contribution in [0.4, 0.5) is 5.69 Å². The summed E-state index contributed by atoms with van der Waals surface area (Å²) in [6.45, 7) is 5.29. The van der Waals surface area contributed by atoms with Crippen LogP contribution in [-0.2, 0) is 6.54 Å². The van der Waals surface area contributed by atoms with Crippen LogP contribution in [0.1, 0.15) is 17.6 Å². The highest BCUT2D eigenvalue weighted by Crippen LogP contribution is 2.30. The molecule has 1 N–H and O–H groups in total. The first-order chi connectivity index (χ1) is 9.22. The van der Waals surface area contributed by atoms with Crippen molar-refractivity contribution in [1.82, 2.24) is 4.98 Å². The molecule has 102 valence electrons. The molecule has 0 atom stereocenters. The third-order valence-electron chi connectivity index (χ3n) is 2.57. The third-order valence-corrected chi connectivity index (χ3v) is 3.54. The molecule has 0 saturated heterocycles. The number of hydrogen-bond acceptors (Lipinski definition) is 5. The Morgan fingerprint density at radius 3 is 2.79 bits per heavy atom. The van der Waals surface area contributed by atoms with Crippen molar-refractivity contribution in [2.45, 2.75) is 20.4 Å². The highest BCUT2D eigenvalue weighted by Gasteiger charge is 2.05. The van der Waals surface area contributed by atoms with E-state index in [4.69, 9.17) is 9.47 Å². The zero-order valence-corrected chi connectivity index (χ0v) is 12.2. The minimum atomic E-state index is 0.617. The van der Waals surface area contributed by atoms with E-state index in [0.29, 0.717) is 6.61 Å². The van der Waals surface area contributed by atoms with Crippen molar-refractivity contribution in [2.75, 3.05) is 19.0 Å². The normalized spacial score (nSPS) is 10.3. The average Bonchev–Trinajstić information content (AvgIpc) is 2.83. The van der Waals surface area contributed by atoms with Gasteiger partial charge >= 0.3 is 0 Å². The molecule has 2 aromatic rings. The summed E-state index contributed by atoms with van der Waals surface area (Å²) < 4.78 is 10.8. The number of aryl methyl sites for hydroxylation is 1. The van der Waals surface area contributed by atoms with Crippen molar-refractivity contribution in [3.05, 3.63) is 34.3 Å². The van der Waals surface area contributed by atoms with Gasteiger partial charge in [0.05, 0.1) is 20.3 Å². The first kappa shape index (κ1) is 13.7. The Bertz CT molecular complexity index is 540. The fraction of sp³-hybridized carbons (Fsp3) is 0.357. The predicted octanol–water partition coefficient (Wildman–Crippen LogP) is 3.47. The molecule has 1 aromatic carbocycles. The van der Waals surface area contributed by atoms with Gasteiger partial charge in [0.1, 0.15) is 5.01 Å². The molecule has 0 bridgehead atoms. The number of ether oxygens (including phenoxy) is 2. The Morgan fingerprint density at radius 2 is 2.16 bits per heavy atom. The van der Waals surface area contributed by atoms with E-state index in [1.165, 1.54) is 0 Å². The highest BCUT2D eigenvalue weighted by molar-refractivity contribution is 7.09. The zero-order chi connectivity index (χ0) is 13.7. The number of benzene rings is 1. The lowest BCUT2D eigenvalue weighted by molar-refractivity contribution is 0.311. The van der Waals surface area contributed by atoms with Crippen LogP contribution in [0.15, 0.2) is 23.6 Å². The number of thiazole rings is 1. The van der Waals surface area contributed by atoms with Gasteiger partial charge in [-0.2, -0.15) is 0 Å². The Morgan fingerprint density at radius 1 is 1.32 bits per heavy atom. The maximum absolute atomic E-state index is 5.55. The monoisotopic (exact) mass is 278 g/mol. The zero-order valence-electron chi connectivity index (χ0n) is 11.4. The summed E-state index contributed by atoms with van der Waals surface area (Å²) in [6, 6.07) is 5.82. The van der Waals surface area contributed by atoms with Crippen molar-refractivity contribution in [3.8, 4) is 11.5 Å². The topological polar surface area (TPSA) is 43.4 Å². The van der Waals surface area contributed by atoms with E-state index in [9.17, 15) is 0 Å². The maximum atomic E-state index is 5.55. The van der Waals surface area contributed by atoms with Crippen molar-refractivity contribution >= 4 is 17.0 Å². The molecule has 0 aliphatic carbocycles. The van der Waals surface area contributed by atoms with Crippen molar-refractivity contribution < 1.29 is 9.47 Å². The van der Waals surface area contributed by atoms with E-state index < -0.39 is 0 Å². The van der Waals surface area contributed by atoms with Gasteiger partial charge in [0.2, 0.25) is 0 Å². The SMILES string of the molecule is CCOc1cc(NCc2nc(C)cs2)ccc1OC. The fourth-order valence-corrected chi connectivity index (χ4v) is 2.43. The quantitative estimate of drug-likeness (QED) is 0.878. The average molecular weight is 278 g/mol. The minimum absolute atomic E-state index is 0.617. The first-order valence-electron chi connectivity index (χ1n) is 6.18. The summed E-state index contributed by atoms with van der Waals surface area (Å²) in [4.78, 5) is 4.42. The summed E-state index contributed by atoms with van der Waals surface area (Å²) in [5.74, 6) is 1.50. The molecule has 1 heterocycles. The van der Waals surface area contributed by atoms with E-state index in [2.05, 4.69) is 15.7 Å². The molecule has 0 aliphatic rings. The predicted molar refractivity (Wildman–Crippen MR) is 78.3 cm³/mol. The molecule has 0 radical (unpaired) electrons. The van der Waals surface area contributed by atoms with E-state index in [1.54, 1.807) is 18.4 Å². The van der Waals surface area contributed by atoms with Crippen LogP contribution in [0.2, 0.25) is 0 Å². The lowest BCUT2D eigenvalue weighted by Crippen LogP contribution is -2.01.